The Balaban J connectivity index is 2.04. The first-order valence-corrected chi connectivity index (χ1v) is 8.20. The average molecular weight is 369 g/mol. The zero-order valence-electron chi connectivity index (χ0n) is 13.3. The molecule has 0 aliphatic rings. The summed E-state index contributed by atoms with van der Waals surface area (Å²) in [5.41, 5.74) is 0.269. The van der Waals surface area contributed by atoms with Crippen LogP contribution in [0.5, 0.6) is 0 Å². The van der Waals surface area contributed by atoms with Crippen molar-refractivity contribution >= 4 is 35.0 Å². The standard InChI is InChI=1S/C17H18Cl2N2O3/c1-10(2)15(17(23)20-9-12-4-3-7-24-12)21-16(22)13-6-5-11(18)8-14(13)19/h3-8,10,15H,9H2,1-2H3,(H,20,23)(H,21,22)/t15-/m0/s1. The number of hydrogen-bond donors (Lipinski definition) is 2. The largest absolute Gasteiger partial charge is 0.467 e. The second-order valence-electron chi connectivity index (χ2n) is 5.62. The van der Waals surface area contributed by atoms with Gasteiger partial charge in [-0.25, -0.2) is 0 Å². The first-order valence-electron chi connectivity index (χ1n) is 7.44. The fourth-order valence-electron chi connectivity index (χ4n) is 2.12. The van der Waals surface area contributed by atoms with Crippen molar-refractivity contribution in [2.24, 2.45) is 5.92 Å². The smallest absolute Gasteiger partial charge is 0.253 e. The summed E-state index contributed by atoms with van der Waals surface area (Å²) in [6, 6.07) is 7.39. The Labute approximate surface area is 150 Å². The summed E-state index contributed by atoms with van der Waals surface area (Å²) in [6.07, 6.45) is 1.53. The molecule has 0 aliphatic carbocycles. The predicted octanol–water partition coefficient (Wildman–Crippen LogP) is 3.66. The molecule has 0 bridgehead atoms. The van der Waals surface area contributed by atoms with Gasteiger partial charge in [-0.05, 0) is 36.2 Å². The van der Waals surface area contributed by atoms with E-state index >= 15 is 0 Å². The van der Waals surface area contributed by atoms with Crippen molar-refractivity contribution in [3.05, 3.63) is 58.0 Å². The lowest BCUT2D eigenvalue weighted by atomic mass is 10.0. The number of carbonyl (C=O) groups is 2. The van der Waals surface area contributed by atoms with Crippen molar-refractivity contribution in [2.75, 3.05) is 0 Å². The summed E-state index contributed by atoms with van der Waals surface area (Å²) in [4.78, 5) is 24.8. The maximum absolute atomic E-state index is 12.4. The van der Waals surface area contributed by atoms with E-state index in [1.165, 1.54) is 18.4 Å². The SMILES string of the molecule is CC(C)[C@H](NC(=O)c1ccc(Cl)cc1Cl)C(=O)NCc1ccco1. The van der Waals surface area contributed by atoms with Gasteiger partial charge in [0.15, 0.2) is 0 Å². The molecule has 128 valence electrons. The average Bonchev–Trinajstić information content (AvgIpc) is 3.03. The molecule has 0 unspecified atom stereocenters. The van der Waals surface area contributed by atoms with E-state index < -0.39 is 11.9 Å². The lowest BCUT2D eigenvalue weighted by molar-refractivity contribution is -0.124. The van der Waals surface area contributed by atoms with Crippen LogP contribution in [0.15, 0.2) is 41.0 Å². The third-order valence-corrected chi connectivity index (χ3v) is 3.98. The molecule has 5 nitrogen and oxygen atoms in total. The first-order chi connectivity index (χ1) is 11.4. The van der Waals surface area contributed by atoms with Gasteiger partial charge in [-0.1, -0.05) is 37.0 Å². The molecule has 0 aliphatic heterocycles. The fraction of sp³-hybridized carbons (Fsp3) is 0.294. The zero-order chi connectivity index (χ0) is 17.7. The quantitative estimate of drug-likeness (QED) is 0.817. The molecular formula is C17H18Cl2N2O3. The number of furan rings is 1. The zero-order valence-corrected chi connectivity index (χ0v) is 14.8. The lowest BCUT2D eigenvalue weighted by Gasteiger charge is -2.21. The van der Waals surface area contributed by atoms with Gasteiger partial charge in [-0.3, -0.25) is 9.59 Å². The van der Waals surface area contributed by atoms with E-state index in [-0.39, 0.29) is 29.0 Å². The highest BCUT2D eigenvalue weighted by atomic mass is 35.5. The molecule has 7 heteroatoms. The molecule has 1 atom stereocenters. The van der Waals surface area contributed by atoms with Gasteiger partial charge >= 0.3 is 0 Å². The fourth-order valence-corrected chi connectivity index (χ4v) is 2.62. The Bertz CT molecular complexity index is 715. The van der Waals surface area contributed by atoms with Gasteiger partial charge in [0.25, 0.3) is 5.91 Å². The van der Waals surface area contributed by atoms with E-state index in [4.69, 9.17) is 27.6 Å². The van der Waals surface area contributed by atoms with E-state index in [2.05, 4.69) is 10.6 Å². The van der Waals surface area contributed by atoms with Gasteiger partial charge in [0.1, 0.15) is 11.8 Å². The minimum absolute atomic E-state index is 0.100. The summed E-state index contributed by atoms with van der Waals surface area (Å²) in [5, 5.41) is 6.13. The van der Waals surface area contributed by atoms with E-state index in [9.17, 15) is 9.59 Å². The van der Waals surface area contributed by atoms with Crippen LogP contribution in [0.2, 0.25) is 10.0 Å². The Kier molecular flexibility index (Phi) is 6.29. The minimum atomic E-state index is -0.695. The maximum Gasteiger partial charge on any atom is 0.253 e. The second-order valence-corrected chi connectivity index (χ2v) is 6.46. The monoisotopic (exact) mass is 368 g/mol. The number of carbonyl (C=O) groups excluding carboxylic acids is 2. The van der Waals surface area contributed by atoms with Crippen LogP contribution in [-0.4, -0.2) is 17.9 Å². The first kappa shape index (κ1) is 18.4. The van der Waals surface area contributed by atoms with Gasteiger partial charge in [-0.15, -0.1) is 0 Å². The number of halogens is 2. The molecule has 0 radical (unpaired) electrons. The molecule has 0 saturated heterocycles. The molecule has 1 heterocycles. The van der Waals surface area contributed by atoms with Crippen LogP contribution in [0.3, 0.4) is 0 Å². The van der Waals surface area contributed by atoms with E-state index in [1.54, 1.807) is 18.2 Å². The van der Waals surface area contributed by atoms with Crippen molar-refractivity contribution in [1.29, 1.82) is 0 Å². The molecule has 2 rings (SSSR count). The van der Waals surface area contributed by atoms with Crippen LogP contribution in [-0.2, 0) is 11.3 Å². The van der Waals surface area contributed by atoms with Crippen LogP contribution in [0.4, 0.5) is 0 Å². The second kappa shape index (κ2) is 8.22. The molecule has 0 saturated carbocycles. The third kappa shape index (κ3) is 4.76. The molecule has 2 N–H and O–H groups in total. The topological polar surface area (TPSA) is 71.3 Å². The van der Waals surface area contributed by atoms with Crippen LogP contribution in [0, 0.1) is 5.92 Å². The van der Waals surface area contributed by atoms with E-state index in [1.807, 2.05) is 13.8 Å². The van der Waals surface area contributed by atoms with E-state index in [0.29, 0.717) is 10.8 Å². The van der Waals surface area contributed by atoms with Gasteiger partial charge in [0, 0.05) is 5.02 Å². The van der Waals surface area contributed by atoms with E-state index in [0.717, 1.165) is 0 Å². The highest BCUT2D eigenvalue weighted by molar-refractivity contribution is 6.36. The number of hydrogen-bond acceptors (Lipinski definition) is 3. The van der Waals surface area contributed by atoms with Gasteiger partial charge in [0.05, 0.1) is 23.4 Å². The molecule has 24 heavy (non-hydrogen) atoms. The predicted molar refractivity (Wildman–Crippen MR) is 93.1 cm³/mol. The molecule has 1 aromatic carbocycles. The number of amides is 2. The summed E-state index contributed by atoms with van der Waals surface area (Å²) >= 11 is 11.9. The molecule has 0 spiro atoms. The van der Waals surface area contributed by atoms with Gasteiger partial charge in [-0.2, -0.15) is 0 Å². The lowest BCUT2D eigenvalue weighted by Crippen LogP contribution is -2.49. The maximum atomic E-state index is 12.4. The highest BCUT2D eigenvalue weighted by Gasteiger charge is 2.25. The molecule has 2 amide bonds. The number of rotatable bonds is 6. The van der Waals surface area contributed by atoms with Crippen LogP contribution in [0.1, 0.15) is 30.0 Å². The third-order valence-electron chi connectivity index (χ3n) is 3.43. The van der Waals surface area contributed by atoms with Crippen molar-refractivity contribution < 1.29 is 14.0 Å². The van der Waals surface area contributed by atoms with Crippen LogP contribution < -0.4 is 10.6 Å². The summed E-state index contributed by atoms with van der Waals surface area (Å²) in [5.74, 6) is -0.182. The Morgan fingerprint density at radius 1 is 1.21 bits per heavy atom. The van der Waals surface area contributed by atoms with Crippen LogP contribution >= 0.6 is 23.2 Å². The Morgan fingerprint density at radius 3 is 2.54 bits per heavy atom. The number of nitrogens with one attached hydrogen (secondary N) is 2. The van der Waals surface area contributed by atoms with Gasteiger partial charge in [0.2, 0.25) is 5.91 Å². The molecule has 0 fully saturated rings. The molecular weight excluding hydrogens is 351 g/mol. The summed E-state index contributed by atoms with van der Waals surface area (Å²) < 4.78 is 5.17. The Morgan fingerprint density at radius 2 is 1.96 bits per heavy atom. The van der Waals surface area contributed by atoms with Crippen molar-refractivity contribution in [2.45, 2.75) is 26.4 Å². The Hall–Kier alpha value is -1.98. The summed E-state index contributed by atoms with van der Waals surface area (Å²) in [6.45, 7) is 3.95. The van der Waals surface area contributed by atoms with Crippen molar-refractivity contribution in [3.8, 4) is 0 Å². The van der Waals surface area contributed by atoms with Crippen LogP contribution in [0.25, 0.3) is 0 Å². The highest BCUT2D eigenvalue weighted by Crippen LogP contribution is 2.21. The molecule has 2 aromatic rings. The summed E-state index contributed by atoms with van der Waals surface area (Å²) in [7, 11) is 0. The van der Waals surface area contributed by atoms with Crippen molar-refractivity contribution in [3.63, 3.8) is 0 Å². The van der Waals surface area contributed by atoms with Crippen molar-refractivity contribution in [1.82, 2.24) is 10.6 Å². The normalized spacial score (nSPS) is 12.0. The minimum Gasteiger partial charge on any atom is -0.467 e. The number of benzene rings is 1. The molecule has 1 aromatic heterocycles. The van der Waals surface area contributed by atoms with Gasteiger partial charge < -0.3 is 15.1 Å².